The lowest BCUT2D eigenvalue weighted by atomic mass is 9.89. The van der Waals surface area contributed by atoms with Gasteiger partial charge in [-0.25, -0.2) is 9.89 Å². The lowest BCUT2D eigenvalue weighted by Gasteiger charge is -2.19. The Bertz CT molecular complexity index is 335. The van der Waals surface area contributed by atoms with Gasteiger partial charge in [0.25, 0.3) is 0 Å². The molecule has 72 valence electrons. The number of hydrogen-bond acceptors (Lipinski definition) is 3. The van der Waals surface area contributed by atoms with E-state index in [0.717, 1.165) is 25.7 Å². The van der Waals surface area contributed by atoms with Crippen molar-refractivity contribution in [3.05, 3.63) is 16.3 Å². The van der Waals surface area contributed by atoms with E-state index in [-0.39, 0.29) is 5.92 Å². The van der Waals surface area contributed by atoms with Crippen LogP contribution in [0.25, 0.3) is 0 Å². The maximum Gasteiger partial charge on any atom is 0.376 e. The molecule has 0 saturated heterocycles. The van der Waals surface area contributed by atoms with Crippen LogP contribution in [0.2, 0.25) is 0 Å². The molecule has 1 aromatic rings. The van der Waals surface area contributed by atoms with Crippen molar-refractivity contribution < 1.29 is 5.21 Å². The van der Waals surface area contributed by atoms with E-state index >= 15 is 0 Å². The van der Waals surface area contributed by atoms with Gasteiger partial charge in [-0.3, -0.25) is 0 Å². The van der Waals surface area contributed by atoms with Gasteiger partial charge in [-0.05, 0) is 12.8 Å². The summed E-state index contributed by atoms with van der Waals surface area (Å²) >= 11 is 0. The first-order valence-corrected chi connectivity index (χ1v) is 4.65. The van der Waals surface area contributed by atoms with E-state index in [9.17, 15) is 10.0 Å². The topological polar surface area (TPSA) is 70.9 Å². The average molecular weight is 183 g/mol. The standard InChI is InChI=1S/C8H13N3O2/c12-8-10-9-7(11(8)13)6-4-2-1-3-5-6/h6,13H,1-5H2,(H,10,12). The van der Waals surface area contributed by atoms with Crippen LogP contribution in [0.3, 0.4) is 0 Å². The summed E-state index contributed by atoms with van der Waals surface area (Å²) in [6, 6.07) is 0. The lowest BCUT2D eigenvalue weighted by molar-refractivity contribution is 0.157. The van der Waals surface area contributed by atoms with Crippen LogP contribution in [-0.2, 0) is 0 Å². The number of rotatable bonds is 1. The zero-order valence-electron chi connectivity index (χ0n) is 7.36. The van der Waals surface area contributed by atoms with Gasteiger partial charge in [-0.2, -0.15) is 5.10 Å². The van der Waals surface area contributed by atoms with Crippen molar-refractivity contribution in [1.29, 1.82) is 0 Å². The van der Waals surface area contributed by atoms with Crippen LogP contribution in [0.5, 0.6) is 0 Å². The van der Waals surface area contributed by atoms with Crippen molar-refractivity contribution in [3.63, 3.8) is 0 Å². The third kappa shape index (κ3) is 1.46. The normalized spacial score (nSPS) is 19.1. The number of nitrogens with zero attached hydrogens (tertiary/aromatic N) is 2. The van der Waals surface area contributed by atoms with E-state index < -0.39 is 5.69 Å². The summed E-state index contributed by atoms with van der Waals surface area (Å²) in [5.74, 6) is 0.738. The Balaban J connectivity index is 2.23. The van der Waals surface area contributed by atoms with Gasteiger partial charge >= 0.3 is 5.69 Å². The quantitative estimate of drug-likeness (QED) is 0.634. The fourth-order valence-corrected chi connectivity index (χ4v) is 1.93. The summed E-state index contributed by atoms with van der Waals surface area (Å²) < 4.78 is 0.635. The van der Waals surface area contributed by atoms with E-state index in [0.29, 0.717) is 10.6 Å². The third-order valence-corrected chi connectivity index (χ3v) is 2.65. The molecule has 1 aliphatic rings. The second-order valence-corrected chi connectivity index (χ2v) is 3.53. The van der Waals surface area contributed by atoms with Gasteiger partial charge in [0.1, 0.15) is 0 Å². The molecule has 2 N–H and O–H groups in total. The van der Waals surface area contributed by atoms with Gasteiger partial charge in [0.15, 0.2) is 5.82 Å². The second-order valence-electron chi connectivity index (χ2n) is 3.53. The summed E-state index contributed by atoms with van der Waals surface area (Å²) in [4.78, 5) is 10.9. The summed E-state index contributed by atoms with van der Waals surface area (Å²) in [5, 5.41) is 15.4. The predicted molar refractivity (Wildman–Crippen MR) is 45.9 cm³/mol. The Morgan fingerprint density at radius 1 is 1.38 bits per heavy atom. The van der Waals surface area contributed by atoms with Crippen molar-refractivity contribution in [2.45, 2.75) is 38.0 Å². The van der Waals surface area contributed by atoms with E-state index in [1.165, 1.54) is 6.42 Å². The van der Waals surface area contributed by atoms with Crippen LogP contribution >= 0.6 is 0 Å². The molecule has 2 rings (SSSR count). The molecule has 0 bridgehead atoms. The number of aromatic amines is 1. The first kappa shape index (κ1) is 8.34. The van der Waals surface area contributed by atoms with Crippen molar-refractivity contribution in [2.75, 3.05) is 0 Å². The van der Waals surface area contributed by atoms with Crippen molar-refractivity contribution in [1.82, 2.24) is 14.9 Å². The predicted octanol–water partition coefficient (Wildman–Crippen LogP) is 0.856. The van der Waals surface area contributed by atoms with Crippen molar-refractivity contribution in [3.8, 4) is 0 Å². The molecule has 5 heteroatoms. The number of nitrogens with one attached hydrogen (secondary N) is 1. The molecule has 1 heterocycles. The van der Waals surface area contributed by atoms with E-state index in [2.05, 4.69) is 10.2 Å². The summed E-state index contributed by atoms with van der Waals surface area (Å²) in [7, 11) is 0. The van der Waals surface area contributed by atoms with E-state index in [1.807, 2.05) is 0 Å². The molecule has 0 atom stereocenters. The molecule has 0 radical (unpaired) electrons. The molecular formula is C8H13N3O2. The van der Waals surface area contributed by atoms with Gasteiger partial charge < -0.3 is 5.21 Å². The smallest absolute Gasteiger partial charge is 0.376 e. The fourth-order valence-electron chi connectivity index (χ4n) is 1.93. The summed E-state index contributed by atoms with van der Waals surface area (Å²) in [6.45, 7) is 0. The van der Waals surface area contributed by atoms with E-state index in [4.69, 9.17) is 0 Å². The van der Waals surface area contributed by atoms with Crippen LogP contribution in [-0.4, -0.2) is 20.1 Å². The molecule has 1 aliphatic carbocycles. The molecule has 1 saturated carbocycles. The molecule has 0 aliphatic heterocycles. The van der Waals surface area contributed by atoms with E-state index in [1.54, 1.807) is 0 Å². The Morgan fingerprint density at radius 3 is 2.62 bits per heavy atom. The molecule has 1 aromatic heterocycles. The maximum absolute atomic E-state index is 10.9. The molecule has 1 fully saturated rings. The van der Waals surface area contributed by atoms with Gasteiger partial charge in [0.2, 0.25) is 0 Å². The summed E-state index contributed by atoms with van der Waals surface area (Å²) in [5.41, 5.74) is -0.541. The van der Waals surface area contributed by atoms with Gasteiger partial charge in [-0.1, -0.05) is 19.3 Å². The summed E-state index contributed by atoms with van der Waals surface area (Å²) in [6.07, 6.45) is 5.60. The van der Waals surface area contributed by atoms with Crippen LogP contribution in [0, 0.1) is 0 Å². The lowest BCUT2D eigenvalue weighted by Crippen LogP contribution is -2.18. The third-order valence-electron chi connectivity index (χ3n) is 2.65. The van der Waals surface area contributed by atoms with Crippen molar-refractivity contribution in [2.24, 2.45) is 0 Å². The number of aromatic nitrogens is 3. The first-order valence-electron chi connectivity index (χ1n) is 4.65. The second kappa shape index (κ2) is 3.24. The largest absolute Gasteiger partial charge is 0.422 e. The minimum atomic E-state index is -0.541. The highest BCUT2D eigenvalue weighted by Gasteiger charge is 2.21. The molecule has 13 heavy (non-hydrogen) atoms. The SMILES string of the molecule is O=c1[nH]nc(C2CCCCC2)n1O. The molecule has 5 nitrogen and oxygen atoms in total. The maximum atomic E-state index is 10.9. The minimum absolute atomic E-state index is 0.248. The molecule has 0 aromatic carbocycles. The van der Waals surface area contributed by atoms with Crippen LogP contribution < -0.4 is 5.69 Å². The van der Waals surface area contributed by atoms with Crippen molar-refractivity contribution >= 4 is 0 Å². The Morgan fingerprint density at radius 2 is 2.08 bits per heavy atom. The molecular weight excluding hydrogens is 170 g/mol. The molecule has 0 spiro atoms. The zero-order chi connectivity index (χ0) is 9.26. The molecule has 0 amide bonds. The fraction of sp³-hybridized carbons (Fsp3) is 0.750. The molecule has 0 unspecified atom stereocenters. The Labute approximate surface area is 75.4 Å². The van der Waals surface area contributed by atoms with Crippen LogP contribution in [0.15, 0.2) is 4.79 Å². The zero-order valence-corrected chi connectivity index (χ0v) is 7.36. The number of hydrogen-bond donors (Lipinski definition) is 2. The van der Waals surface area contributed by atoms with Crippen LogP contribution in [0.4, 0.5) is 0 Å². The highest BCUT2D eigenvalue weighted by atomic mass is 16.5. The monoisotopic (exact) mass is 183 g/mol. The van der Waals surface area contributed by atoms with Gasteiger partial charge in [-0.15, -0.1) is 4.73 Å². The minimum Gasteiger partial charge on any atom is -0.422 e. The number of H-pyrrole nitrogens is 1. The van der Waals surface area contributed by atoms with Crippen LogP contribution in [0.1, 0.15) is 43.8 Å². The Kier molecular flexibility index (Phi) is 2.08. The first-order chi connectivity index (χ1) is 6.29. The Hall–Kier alpha value is -1.26. The highest BCUT2D eigenvalue weighted by Crippen LogP contribution is 2.30. The average Bonchev–Trinajstić information content (AvgIpc) is 2.49. The highest BCUT2D eigenvalue weighted by molar-refractivity contribution is 4.95. The van der Waals surface area contributed by atoms with Gasteiger partial charge in [0.05, 0.1) is 0 Å². The van der Waals surface area contributed by atoms with Gasteiger partial charge in [0, 0.05) is 5.92 Å².